The summed E-state index contributed by atoms with van der Waals surface area (Å²) in [5.74, 6) is -0.0450. The van der Waals surface area contributed by atoms with E-state index in [9.17, 15) is 9.59 Å². The Bertz CT molecular complexity index is 1070. The maximum absolute atomic E-state index is 13.2. The number of hydrogen-bond donors (Lipinski definition) is 1. The summed E-state index contributed by atoms with van der Waals surface area (Å²) in [6, 6.07) is 7.45. The van der Waals surface area contributed by atoms with E-state index in [0.29, 0.717) is 23.7 Å². The summed E-state index contributed by atoms with van der Waals surface area (Å²) in [4.78, 5) is 34.3. The molecular weight excluding hydrogens is 416 g/mol. The molecule has 0 bridgehead atoms. The van der Waals surface area contributed by atoms with Crippen molar-refractivity contribution in [3.8, 4) is 0 Å². The Morgan fingerprint density at radius 2 is 1.77 bits per heavy atom. The highest BCUT2D eigenvalue weighted by atomic mass is 35.5. The van der Waals surface area contributed by atoms with Crippen LogP contribution in [-0.2, 0) is 5.54 Å². The average Bonchev–Trinajstić information content (AvgIpc) is 2.91. The summed E-state index contributed by atoms with van der Waals surface area (Å²) >= 11 is 6.20. The van der Waals surface area contributed by atoms with Gasteiger partial charge in [0.05, 0.1) is 29.3 Å². The number of fused-ring (bicyclic) bond motifs is 1. The van der Waals surface area contributed by atoms with Crippen molar-refractivity contribution in [1.29, 1.82) is 0 Å². The summed E-state index contributed by atoms with van der Waals surface area (Å²) in [5.41, 5.74) is 2.93. The van der Waals surface area contributed by atoms with Crippen LogP contribution in [0.5, 0.6) is 0 Å². The van der Waals surface area contributed by atoms with Gasteiger partial charge in [0, 0.05) is 42.2 Å². The zero-order valence-corrected chi connectivity index (χ0v) is 18.4. The van der Waals surface area contributed by atoms with Crippen LogP contribution in [0.1, 0.15) is 42.6 Å². The number of aromatic nitrogens is 1. The van der Waals surface area contributed by atoms with E-state index in [1.165, 1.54) is 4.90 Å². The normalized spacial score (nSPS) is 21.3. The zero-order valence-electron chi connectivity index (χ0n) is 17.6. The van der Waals surface area contributed by atoms with Gasteiger partial charge in [0.15, 0.2) is 0 Å². The number of hydrogen-bond acceptors (Lipinski definition) is 4. The second-order valence-corrected chi connectivity index (χ2v) is 9.85. The van der Waals surface area contributed by atoms with Crippen LogP contribution >= 0.6 is 11.6 Å². The predicted molar refractivity (Wildman–Crippen MR) is 119 cm³/mol. The van der Waals surface area contributed by atoms with Crippen molar-refractivity contribution in [2.45, 2.75) is 32.2 Å². The number of rotatable bonds is 2. The van der Waals surface area contributed by atoms with Gasteiger partial charge in [-0.3, -0.25) is 14.7 Å². The monoisotopic (exact) mass is 440 g/mol. The Kier molecular flexibility index (Phi) is 4.45. The van der Waals surface area contributed by atoms with Gasteiger partial charge in [0.2, 0.25) is 0 Å². The molecular formula is C23H25ClN4O3. The molecule has 0 unspecified atom stereocenters. The van der Waals surface area contributed by atoms with Crippen molar-refractivity contribution in [2.75, 3.05) is 36.0 Å². The summed E-state index contributed by atoms with van der Waals surface area (Å²) in [5, 5.41) is 9.74. The third-order valence-corrected chi connectivity index (χ3v) is 7.35. The van der Waals surface area contributed by atoms with Crippen LogP contribution < -0.4 is 9.80 Å². The number of carboxylic acid groups (broad SMARTS) is 1. The van der Waals surface area contributed by atoms with E-state index in [4.69, 9.17) is 16.7 Å². The van der Waals surface area contributed by atoms with Crippen molar-refractivity contribution in [3.63, 3.8) is 0 Å². The van der Waals surface area contributed by atoms with Gasteiger partial charge in [-0.25, -0.2) is 4.79 Å². The number of pyridine rings is 1. The minimum absolute atomic E-state index is 0.0450. The SMILES string of the molecule is CC1(C)c2cc(Cl)ccc2C(=O)N1c1cncc(N2CCC3(CC2)CN(C(=O)O)C3)c1. The van der Waals surface area contributed by atoms with Gasteiger partial charge in [-0.15, -0.1) is 0 Å². The highest BCUT2D eigenvalue weighted by Crippen LogP contribution is 2.44. The number of anilines is 2. The number of carbonyl (C=O) groups is 2. The van der Waals surface area contributed by atoms with Crippen molar-refractivity contribution < 1.29 is 14.7 Å². The molecule has 2 fully saturated rings. The molecule has 162 valence electrons. The molecule has 3 aliphatic heterocycles. The lowest BCUT2D eigenvalue weighted by Gasteiger charge is -2.53. The van der Waals surface area contributed by atoms with Gasteiger partial charge in [-0.05, 0) is 56.5 Å². The van der Waals surface area contributed by atoms with Crippen molar-refractivity contribution in [2.24, 2.45) is 5.41 Å². The van der Waals surface area contributed by atoms with Gasteiger partial charge in [-0.1, -0.05) is 11.6 Å². The average molecular weight is 441 g/mol. The van der Waals surface area contributed by atoms with E-state index >= 15 is 0 Å². The summed E-state index contributed by atoms with van der Waals surface area (Å²) < 4.78 is 0. The maximum Gasteiger partial charge on any atom is 0.407 e. The molecule has 2 amide bonds. The first kappa shape index (κ1) is 20.1. The van der Waals surface area contributed by atoms with Crippen molar-refractivity contribution in [3.05, 3.63) is 52.8 Å². The Labute approximate surface area is 186 Å². The number of amides is 2. The van der Waals surface area contributed by atoms with Gasteiger partial charge < -0.3 is 14.9 Å². The van der Waals surface area contributed by atoms with E-state index < -0.39 is 11.6 Å². The molecule has 2 saturated heterocycles. The number of carbonyl (C=O) groups excluding carboxylic acids is 1. The molecule has 0 aliphatic carbocycles. The van der Waals surface area contributed by atoms with Gasteiger partial charge in [0.25, 0.3) is 5.91 Å². The lowest BCUT2D eigenvalue weighted by Crippen LogP contribution is -2.61. The standard InChI is InChI=1S/C23H25ClN4O3/c1-22(2)19-9-15(24)3-4-18(19)20(29)28(22)17-10-16(11-25-12-17)26-7-5-23(6-8-26)13-27(14-23)21(30)31/h3-4,9-12H,5-8,13-14H2,1-2H3,(H,30,31). The molecule has 4 heterocycles. The fraction of sp³-hybridized carbons (Fsp3) is 0.435. The lowest BCUT2D eigenvalue weighted by atomic mass is 9.72. The quantitative estimate of drug-likeness (QED) is 0.756. The summed E-state index contributed by atoms with van der Waals surface area (Å²) in [6.07, 6.45) is 4.66. The van der Waals surface area contributed by atoms with Crippen molar-refractivity contribution in [1.82, 2.24) is 9.88 Å². The molecule has 2 aromatic rings. The fourth-order valence-electron chi connectivity index (χ4n) is 5.31. The topological polar surface area (TPSA) is 77.0 Å². The first-order valence-electron chi connectivity index (χ1n) is 10.5. The van der Waals surface area contributed by atoms with E-state index in [2.05, 4.69) is 9.88 Å². The lowest BCUT2D eigenvalue weighted by molar-refractivity contribution is -0.00636. The number of nitrogens with zero attached hydrogens (tertiary/aromatic N) is 4. The Morgan fingerprint density at radius 3 is 2.45 bits per heavy atom. The highest BCUT2D eigenvalue weighted by molar-refractivity contribution is 6.31. The molecule has 7 nitrogen and oxygen atoms in total. The fourth-order valence-corrected chi connectivity index (χ4v) is 5.48. The predicted octanol–water partition coefficient (Wildman–Crippen LogP) is 4.21. The molecule has 1 N–H and O–H groups in total. The number of likely N-dealkylation sites (tertiary alicyclic amines) is 1. The molecule has 0 saturated carbocycles. The van der Waals surface area contributed by atoms with Crippen LogP contribution in [0, 0.1) is 5.41 Å². The zero-order chi connectivity index (χ0) is 22.0. The van der Waals surface area contributed by atoms with E-state index in [1.54, 1.807) is 23.2 Å². The molecule has 1 aromatic heterocycles. The number of benzene rings is 1. The second-order valence-electron chi connectivity index (χ2n) is 9.42. The van der Waals surface area contributed by atoms with Gasteiger partial charge in [0.1, 0.15) is 0 Å². The van der Waals surface area contributed by atoms with E-state index in [-0.39, 0.29) is 11.3 Å². The number of piperidine rings is 1. The van der Waals surface area contributed by atoms with E-state index in [1.807, 2.05) is 32.2 Å². The first-order valence-corrected chi connectivity index (χ1v) is 10.9. The highest BCUT2D eigenvalue weighted by Gasteiger charge is 2.47. The van der Waals surface area contributed by atoms with E-state index in [0.717, 1.165) is 42.9 Å². The molecule has 5 rings (SSSR count). The summed E-state index contributed by atoms with van der Waals surface area (Å²) in [6.45, 7) is 7.01. The van der Waals surface area contributed by atoms with Gasteiger partial charge >= 0.3 is 6.09 Å². The molecule has 8 heteroatoms. The maximum atomic E-state index is 13.2. The Morgan fingerprint density at radius 1 is 1.10 bits per heavy atom. The second kappa shape index (κ2) is 6.85. The Balaban J connectivity index is 1.36. The first-order chi connectivity index (χ1) is 14.7. The van der Waals surface area contributed by atoms with Crippen LogP contribution in [0.2, 0.25) is 5.02 Å². The minimum atomic E-state index is -0.829. The third-order valence-electron chi connectivity index (χ3n) is 7.11. The Hall–Kier alpha value is -2.80. The third kappa shape index (κ3) is 3.14. The van der Waals surface area contributed by atoms with Crippen LogP contribution in [-0.4, -0.2) is 53.2 Å². The molecule has 3 aliphatic rings. The molecule has 0 radical (unpaired) electrons. The van der Waals surface area contributed by atoms with Crippen LogP contribution in [0.25, 0.3) is 0 Å². The van der Waals surface area contributed by atoms with Gasteiger partial charge in [-0.2, -0.15) is 0 Å². The van der Waals surface area contributed by atoms with Crippen LogP contribution in [0.15, 0.2) is 36.7 Å². The smallest absolute Gasteiger partial charge is 0.407 e. The van der Waals surface area contributed by atoms with Crippen LogP contribution in [0.4, 0.5) is 16.2 Å². The molecule has 1 spiro atoms. The summed E-state index contributed by atoms with van der Waals surface area (Å²) in [7, 11) is 0. The number of halogens is 1. The van der Waals surface area contributed by atoms with Crippen molar-refractivity contribution >= 4 is 35.0 Å². The molecule has 0 atom stereocenters. The largest absolute Gasteiger partial charge is 0.465 e. The molecule has 1 aromatic carbocycles. The van der Waals surface area contributed by atoms with Crippen LogP contribution in [0.3, 0.4) is 0 Å². The molecule has 31 heavy (non-hydrogen) atoms. The minimum Gasteiger partial charge on any atom is -0.465 e.